The smallest absolute Gasteiger partial charge is 0.329 e. The molecule has 2 saturated heterocycles. The molecule has 70 heavy (non-hydrogen) atoms. The zero-order chi connectivity index (χ0) is 51.7. The summed E-state index contributed by atoms with van der Waals surface area (Å²) in [6.07, 6.45) is 12.4. The first kappa shape index (κ1) is 59.2. The molecule has 1 aliphatic carbocycles. The molecule has 2 bridgehead atoms. The normalized spacial score (nSPS) is 36.0. The number of cyclic esters (lactones) is 1. The van der Waals surface area contributed by atoms with Crippen molar-refractivity contribution in [3.05, 3.63) is 47.6 Å². The minimum atomic E-state index is -2.43. The van der Waals surface area contributed by atoms with E-state index in [2.05, 4.69) is 0 Å². The molecule has 15 nitrogen and oxygen atoms in total. The highest BCUT2D eigenvalue weighted by Crippen LogP contribution is 2.38. The highest BCUT2D eigenvalue weighted by atomic mass is 16.6. The van der Waals surface area contributed by atoms with Crippen LogP contribution in [0.25, 0.3) is 0 Å². The lowest BCUT2D eigenvalue weighted by Gasteiger charge is -2.42. The van der Waals surface area contributed by atoms with E-state index in [-0.39, 0.29) is 60.9 Å². The van der Waals surface area contributed by atoms with Crippen LogP contribution in [0.1, 0.15) is 132 Å². The number of amides is 1. The van der Waals surface area contributed by atoms with Gasteiger partial charge in [0.15, 0.2) is 5.78 Å². The van der Waals surface area contributed by atoms with E-state index in [1.807, 2.05) is 65.0 Å². The van der Waals surface area contributed by atoms with Gasteiger partial charge in [-0.05, 0) is 114 Å². The van der Waals surface area contributed by atoms with Gasteiger partial charge in [0.05, 0.1) is 37.6 Å². The molecule has 0 radical (unpaired) electrons. The monoisotopic (exact) mass is 986 g/mol. The van der Waals surface area contributed by atoms with Gasteiger partial charge in [-0.3, -0.25) is 19.2 Å². The third kappa shape index (κ3) is 16.3. The summed E-state index contributed by atoms with van der Waals surface area (Å²) in [5, 5.41) is 23.5. The molecule has 396 valence electrons. The van der Waals surface area contributed by atoms with Crippen LogP contribution in [0.2, 0.25) is 0 Å². The fourth-order valence-corrected chi connectivity index (χ4v) is 10.7. The van der Waals surface area contributed by atoms with Crippen LogP contribution in [-0.4, -0.2) is 147 Å². The SMILES string of the molecule is CCOCCO[C@@H]1CC[C@@H](C[C@@H](C)[C@@H]2CC(=O)[C@H](C)C=C(C)[C@@H](O)C(OC)C(=O)[C@H](C)C[C@H](C)C=CC=CC=C(C)C(OC)C[C@@H]3CC[C@@H](C)[C@@](O)(O3)C(=O)C(=O)N3CCCC[C@H]3C(=O)O2)C[C@H]1OC. The molecular weight excluding hydrogens is 899 g/mol. The van der Waals surface area contributed by atoms with E-state index in [1.54, 1.807) is 41.1 Å². The van der Waals surface area contributed by atoms with E-state index in [1.165, 1.54) is 12.0 Å². The Bertz CT molecular complexity index is 1840. The lowest BCUT2D eigenvalue weighted by molar-refractivity contribution is -0.265. The zero-order valence-electron chi connectivity index (χ0n) is 44.1. The van der Waals surface area contributed by atoms with Crippen molar-refractivity contribution in [2.24, 2.45) is 35.5 Å². The van der Waals surface area contributed by atoms with E-state index in [0.717, 1.165) is 18.4 Å². The van der Waals surface area contributed by atoms with Crippen molar-refractivity contribution >= 4 is 29.2 Å². The van der Waals surface area contributed by atoms with Gasteiger partial charge in [-0.1, -0.05) is 71.1 Å². The van der Waals surface area contributed by atoms with Crippen LogP contribution in [0.3, 0.4) is 0 Å². The second-order valence-corrected chi connectivity index (χ2v) is 20.6. The first-order chi connectivity index (χ1) is 33.3. The Balaban J connectivity index is 1.68. The number of hydrogen-bond donors (Lipinski definition) is 2. The van der Waals surface area contributed by atoms with Crippen LogP contribution in [0.15, 0.2) is 47.6 Å². The van der Waals surface area contributed by atoms with Crippen molar-refractivity contribution in [2.75, 3.05) is 47.7 Å². The average molecular weight is 986 g/mol. The molecule has 3 aliphatic heterocycles. The molecule has 1 amide bonds. The topological polar surface area (TPSA) is 194 Å². The number of ketones is 3. The first-order valence-corrected chi connectivity index (χ1v) is 26.0. The fourth-order valence-electron chi connectivity index (χ4n) is 10.7. The van der Waals surface area contributed by atoms with Crippen LogP contribution >= 0.6 is 0 Å². The number of carbonyl (C=O) groups is 5. The average Bonchev–Trinajstić information content (AvgIpc) is 3.34. The number of esters is 1. The maximum absolute atomic E-state index is 14.5. The summed E-state index contributed by atoms with van der Waals surface area (Å²) in [5.74, 6) is -7.83. The van der Waals surface area contributed by atoms with Crippen LogP contribution in [0, 0.1) is 35.5 Å². The molecule has 3 heterocycles. The lowest BCUT2D eigenvalue weighted by Crippen LogP contribution is -2.61. The van der Waals surface area contributed by atoms with Crippen LogP contribution in [0.4, 0.5) is 0 Å². The number of carbonyl (C=O) groups excluding carboxylic acids is 5. The van der Waals surface area contributed by atoms with E-state index < -0.39 is 77.8 Å². The third-order valence-electron chi connectivity index (χ3n) is 15.2. The molecular formula is C55H87NO14. The van der Waals surface area contributed by atoms with Crippen molar-refractivity contribution in [1.29, 1.82) is 0 Å². The van der Waals surface area contributed by atoms with Gasteiger partial charge in [0.1, 0.15) is 30.1 Å². The molecule has 2 N–H and O–H groups in total. The quantitative estimate of drug-likeness (QED) is 0.0911. The summed E-state index contributed by atoms with van der Waals surface area (Å²) >= 11 is 0. The molecule has 15 atom stereocenters. The fraction of sp³-hybridized carbons (Fsp3) is 0.764. The highest BCUT2D eigenvalue weighted by Gasteiger charge is 2.53. The number of rotatable bonds is 11. The Morgan fingerprint density at radius 2 is 1.59 bits per heavy atom. The molecule has 4 rings (SSSR count). The summed E-state index contributed by atoms with van der Waals surface area (Å²) in [6.45, 7) is 16.4. The maximum Gasteiger partial charge on any atom is 0.329 e. The number of nitrogens with zero attached hydrogens (tertiary/aromatic N) is 1. The molecule has 0 aromatic carbocycles. The highest BCUT2D eigenvalue weighted by molar-refractivity contribution is 6.39. The van der Waals surface area contributed by atoms with Crippen LogP contribution in [0.5, 0.6) is 0 Å². The van der Waals surface area contributed by atoms with E-state index in [4.69, 9.17) is 33.2 Å². The van der Waals surface area contributed by atoms with E-state index >= 15 is 0 Å². The van der Waals surface area contributed by atoms with Crippen LogP contribution < -0.4 is 0 Å². The molecule has 4 aliphatic rings. The predicted octanol–water partition coefficient (Wildman–Crippen LogP) is 7.24. The number of methoxy groups -OCH3 is 3. The molecule has 15 heteroatoms. The summed E-state index contributed by atoms with van der Waals surface area (Å²) in [7, 11) is 4.64. The summed E-state index contributed by atoms with van der Waals surface area (Å²) in [6, 6.07) is -1.14. The minimum absolute atomic E-state index is 0.0195. The van der Waals surface area contributed by atoms with E-state index in [9.17, 15) is 34.2 Å². The van der Waals surface area contributed by atoms with Gasteiger partial charge in [-0.15, -0.1) is 0 Å². The number of hydrogen-bond acceptors (Lipinski definition) is 14. The molecule has 0 aromatic heterocycles. The van der Waals surface area contributed by atoms with Gasteiger partial charge >= 0.3 is 5.97 Å². The number of allylic oxidation sites excluding steroid dienone is 6. The molecule has 0 spiro atoms. The minimum Gasteiger partial charge on any atom is -0.460 e. The number of ether oxygens (including phenoxy) is 7. The van der Waals surface area contributed by atoms with Crippen molar-refractivity contribution in [3.8, 4) is 0 Å². The number of piperidine rings is 1. The molecule has 0 aromatic rings. The van der Waals surface area contributed by atoms with Gasteiger partial charge in [-0.2, -0.15) is 0 Å². The number of Topliss-reactive ketones (excluding diaryl/α,β-unsaturated/α-hetero) is 3. The Kier molecular flexibility index (Phi) is 24.3. The number of aliphatic hydroxyl groups is 2. The number of fused-ring (bicyclic) bond motifs is 3. The molecule has 3 fully saturated rings. The van der Waals surface area contributed by atoms with Gasteiger partial charge in [-0.25, -0.2) is 4.79 Å². The Morgan fingerprint density at radius 3 is 2.27 bits per heavy atom. The zero-order valence-corrected chi connectivity index (χ0v) is 44.1. The van der Waals surface area contributed by atoms with Crippen LogP contribution in [-0.2, 0) is 57.1 Å². The summed E-state index contributed by atoms with van der Waals surface area (Å²) in [5.41, 5.74) is 1.28. The second kappa shape index (κ2) is 28.7. The van der Waals surface area contributed by atoms with Crippen molar-refractivity contribution in [3.63, 3.8) is 0 Å². The standard InChI is InChI=1S/C55H87NO14/c1-12-67-26-27-68-45-24-22-41(31-48(45)65-10)30-37(5)47-33-44(57)36(4)29-39(7)50(59)51(66-11)49(58)38(6)28-34(2)18-14-13-15-19-35(3)46(64-9)32-42-23-21-40(8)55(63,70-42)52(60)53(61)56-25-17-16-20-43(56)54(62)69-47/h13-15,18-19,29,34,36-38,40-43,45-48,50-51,59,63H,12,16-17,20-28,30-33H2,1-11H3/t34-,36-,37-,38-,40-,41+,42+,43+,45-,46?,47+,48-,50-,51?,55-/m1/s1. The van der Waals surface area contributed by atoms with Gasteiger partial charge < -0.3 is 48.3 Å². The second-order valence-electron chi connectivity index (χ2n) is 20.6. The third-order valence-corrected chi connectivity index (χ3v) is 15.2. The van der Waals surface area contributed by atoms with Crippen molar-refractivity contribution in [1.82, 2.24) is 4.90 Å². The Hall–Kier alpha value is -3.41. The van der Waals surface area contributed by atoms with Gasteiger partial charge in [0, 0.05) is 65.1 Å². The predicted molar refractivity (Wildman–Crippen MR) is 265 cm³/mol. The van der Waals surface area contributed by atoms with Gasteiger partial charge in [0.2, 0.25) is 5.79 Å². The summed E-state index contributed by atoms with van der Waals surface area (Å²) < 4.78 is 41.5. The molecule has 2 unspecified atom stereocenters. The summed E-state index contributed by atoms with van der Waals surface area (Å²) in [4.78, 5) is 72.4. The maximum atomic E-state index is 14.5. The molecule has 1 saturated carbocycles. The first-order valence-electron chi connectivity index (χ1n) is 26.0. The number of aliphatic hydroxyl groups excluding tert-OH is 1. The van der Waals surface area contributed by atoms with Crippen molar-refractivity contribution in [2.45, 2.75) is 187 Å². The largest absolute Gasteiger partial charge is 0.460 e. The van der Waals surface area contributed by atoms with E-state index in [0.29, 0.717) is 76.8 Å². The van der Waals surface area contributed by atoms with Crippen molar-refractivity contribution < 1.29 is 67.3 Å². The Labute approximate surface area is 418 Å². The van der Waals surface area contributed by atoms with Gasteiger partial charge in [0.25, 0.3) is 11.7 Å². The lowest BCUT2D eigenvalue weighted by atomic mass is 9.78. The Morgan fingerprint density at radius 1 is 0.843 bits per heavy atom.